The van der Waals surface area contributed by atoms with Crippen molar-refractivity contribution in [3.05, 3.63) is 71.0 Å². The number of nitrogens with zero attached hydrogens (tertiary/aromatic N) is 2. The van der Waals surface area contributed by atoms with E-state index in [2.05, 4.69) is 5.32 Å². The van der Waals surface area contributed by atoms with E-state index in [4.69, 9.17) is 0 Å². The zero-order valence-corrected chi connectivity index (χ0v) is 19.5. The average molecular weight is 454 g/mol. The molecule has 0 spiro atoms. The van der Waals surface area contributed by atoms with Crippen LogP contribution in [-0.4, -0.2) is 59.7 Å². The number of hydrogen-bond acceptors (Lipinski definition) is 3. The zero-order valence-electron chi connectivity index (χ0n) is 19.5. The molecule has 6 nitrogen and oxygen atoms in total. The molecule has 0 aliphatic carbocycles. The fourth-order valence-corrected chi connectivity index (χ4v) is 4.36. The molecule has 1 heterocycles. The number of aryl methyl sites for hydroxylation is 1. The first-order chi connectivity index (χ1) is 15.8. The number of carbonyl (C=O) groups is 3. The molecule has 0 radical (unpaired) electrons. The van der Waals surface area contributed by atoms with Crippen molar-refractivity contribution >= 4 is 17.7 Å². The fraction of sp³-hybridized carbons (Fsp3) is 0.423. The van der Waals surface area contributed by atoms with Crippen molar-refractivity contribution in [1.82, 2.24) is 15.1 Å². The summed E-state index contributed by atoms with van der Waals surface area (Å²) < 4.78 is 13.5. The normalized spacial score (nSPS) is 15.1. The summed E-state index contributed by atoms with van der Waals surface area (Å²) in [4.78, 5) is 42.5. The van der Waals surface area contributed by atoms with Crippen LogP contribution in [0.4, 0.5) is 4.39 Å². The van der Waals surface area contributed by atoms with Gasteiger partial charge in [0.1, 0.15) is 11.9 Å². The molecule has 1 N–H and O–H groups in total. The first-order valence-electron chi connectivity index (χ1n) is 11.5. The lowest BCUT2D eigenvalue weighted by atomic mass is 9.87. The van der Waals surface area contributed by atoms with Crippen molar-refractivity contribution in [2.45, 2.75) is 39.7 Å². The highest BCUT2D eigenvalue weighted by atomic mass is 19.1. The molecular weight excluding hydrogens is 421 g/mol. The van der Waals surface area contributed by atoms with Gasteiger partial charge in [-0.05, 0) is 69.9 Å². The molecule has 1 saturated heterocycles. The van der Waals surface area contributed by atoms with E-state index < -0.39 is 11.9 Å². The standard InChI is InChI=1S/C26H32FN3O3/c1-4-29(5-2)26(33)23(28-24(31)20-9-6-8-18(3)16-20)19-12-14-30(15-13-19)25(32)21-10-7-11-22(27)17-21/h6-11,16-17,19,23H,4-5,12-15H2,1-3H3,(H,28,31). The van der Waals surface area contributed by atoms with E-state index in [-0.39, 0.29) is 23.6 Å². The number of nitrogens with one attached hydrogen (secondary N) is 1. The van der Waals surface area contributed by atoms with E-state index >= 15 is 0 Å². The number of rotatable bonds is 7. The van der Waals surface area contributed by atoms with Crippen LogP contribution in [0.1, 0.15) is 53.0 Å². The second kappa shape index (κ2) is 11.1. The Hall–Kier alpha value is -3.22. The highest BCUT2D eigenvalue weighted by Gasteiger charge is 2.35. The number of amides is 3. The summed E-state index contributed by atoms with van der Waals surface area (Å²) in [5, 5.41) is 2.98. The first-order valence-corrected chi connectivity index (χ1v) is 11.5. The van der Waals surface area contributed by atoms with Crippen LogP contribution in [0.5, 0.6) is 0 Å². The molecule has 1 fully saturated rings. The maximum atomic E-state index is 13.5. The summed E-state index contributed by atoms with van der Waals surface area (Å²) in [6.07, 6.45) is 1.15. The summed E-state index contributed by atoms with van der Waals surface area (Å²) in [6.45, 7) is 7.76. The van der Waals surface area contributed by atoms with Gasteiger partial charge in [0.05, 0.1) is 0 Å². The number of piperidine rings is 1. The predicted octanol–water partition coefficient (Wildman–Crippen LogP) is 3.65. The third-order valence-corrected chi connectivity index (χ3v) is 6.28. The number of likely N-dealkylation sites (N-methyl/N-ethyl adjacent to an activating group) is 1. The van der Waals surface area contributed by atoms with E-state index in [1.54, 1.807) is 28.0 Å². The molecule has 0 aromatic heterocycles. The number of likely N-dealkylation sites (tertiary alicyclic amines) is 1. The maximum absolute atomic E-state index is 13.5. The Bertz CT molecular complexity index is 998. The van der Waals surface area contributed by atoms with Crippen molar-refractivity contribution in [3.8, 4) is 0 Å². The highest BCUT2D eigenvalue weighted by molar-refractivity contribution is 5.98. The third kappa shape index (κ3) is 5.97. The van der Waals surface area contributed by atoms with Crippen LogP contribution in [0.2, 0.25) is 0 Å². The largest absolute Gasteiger partial charge is 0.341 e. The maximum Gasteiger partial charge on any atom is 0.253 e. The van der Waals surface area contributed by atoms with E-state index in [1.165, 1.54) is 18.2 Å². The van der Waals surface area contributed by atoms with E-state index in [0.29, 0.717) is 50.1 Å². The van der Waals surface area contributed by atoms with E-state index in [9.17, 15) is 18.8 Å². The van der Waals surface area contributed by atoms with Gasteiger partial charge in [-0.1, -0.05) is 23.8 Å². The van der Waals surface area contributed by atoms with E-state index in [0.717, 1.165) is 5.56 Å². The molecule has 33 heavy (non-hydrogen) atoms. The fourth-order valence-electron chi connectivity index (χ4n) is 4.36. The monoisotopic (exact) mass is 453 g/mol. The minimum Gasteiger partial charge on any atom is -0.341 e. The Morgan fingerprint density at radius 1 is 1.03 bits per heavy atom. The van der Waals surface area contributed by atoms with Crippen LogP contribution in [0.3, 0.4) is 0 Å². The molecule has 2 aromatic carbocycles. The number of carbonyl (C=O) groups excluding carboxylic acids is 3. The van der Waals surface area contributed by atoms with Gasteiger partial charge in [0.25, 0.3) is 11.8 Å². The smallest absolute Gasteiger partial charge is 0.253 e. The van der Waals surface area contributed by atoms with Crippen molar-refractivity contribution in [2.24, 2.45) is 5.92 Å². The second-order valence-electron chi connectivity index (χ2n) is 8.47. The number of hydrogen-bond donors (Lipinski definition) is 1. The number of benzene rings is 2. The molecule has 176 valence electrons. The Morgan fingerprint density at radius 3 is 2.27 bits per heavy atom. The summed E-state index contributed by atoms with van der Waals surface area (Å²) in [5.41, 5.74) is 1.81. The minimum atomic E-state index is -0.663. The van der Waals surface area contributed by atoms with Gasteiger partial charge in [0.2, 0.25) is 5.91 Å². The molecule has 3 rings (SSSR count). The van der Waals surface area contributed by atoms with Gasteiger partial charge in [0, 0.05) is 37.3 Å². The molecule has 1 aliphatic rings. The molecule has 0 bridgehead atoms. The van der Waals surface area contributed by atoms with Gasteiger partial charge >= 0.3 is 0 Å². The molecule has 3 amide bonds. The minimum absolute atomic E-state index is 0.0941. The summed E-state index contributed by atoms with van der Waals surface area (Å²) >= 11 is 0. The summed E-state index contributed by atoms with van der Waals surface area (Å²) in [7, 11) is 0. The van der Waals surface area contributed by atoms with Gasteiger partial charge in [-0.15, -0.1) is 0 Å². The molecule has 0 saturated carbocycles. The molecule has 1 atom stereocenters. The third-order valence-electron chi connectivity index (χ3n) is 6.28. The zero-order chi connectivity index (χ0) is 24.0. The van der Waals surface area contributed by atoms with E-state index in [1.807, 2.05) is 32.9 Å². The SMILES string of the molecule is CCN(CC)C(=O)C(NC(=O)c1cccc(C)c1)C1CCN(C(=O)c2cccc(F)c2)CC1. The topological polar surface area (TPSA) is 69.7 Å². The Kier molecular flexibility index (Phi) is 8.20. The lowest BCUT2D eigenvalue weighted by Crippen LogP contribution is -2.54. The molecular formula is C26H32FN3O3. The first kappa shape index (κ1) is 24.4. The van der Waals surface area contributed by atoms with Gasteiger partial charge < -0.3 is 15.1 Å². The Morgan fingerprint density at radius 2 is 1.67 bits per heavy atom. The van der Waals surface area contributed by atoms with Crippen LogP contribution >= 0.6 is 0 Å². The quantitative estimate of drug-likeness (QED) is 0.696. The molecule has 1 unspecified atom stereocenters. The lowest BCUT2D eigenvalue weighted by Gasteiger charge is -2.37. The molecule has 7 heteroatoms. The van der Waals surface area contributed by atoms with Crippen molar-refractivity contribution in [1.29, 1.82) is 0 Å². The predicted molar refractivity (Wildman–Crippen MR) is 125 cm³/mol. The summed E-state index contributed by atoms with van der Waals surface area (Å²) in [5.74, 6) is -1.13. The van der Waals surface area contributed by atoms with Crippen LogP contribution < -0.4 is 5.32 Å². The molecule has 2 aromatic rings. The average Bonchev–Trinajstić information content (AvgIpc) is 2.82. The number of halogens is 1. The van der Waals surface area contributed by atoms with Crippen molar-refractivity contribution < 1.29 is 18.8 Å². The lowest BCUT2D eigenvalue weighted by molar-refractivity contribution is -0.134. The van der Waals surface area contributed by atoms with Crippen LogP contribution in [0.15, 0.2) is 48.5 Å². The van der Waals surface area contributed by atoms with Crippen LogP contribution in [0.25, 0.3) is 0 Å². The van der Waals surface area contributed by atoms with Gasteiger partial charge in [0.15, 0.2) is 0 Å². The van der Waals surface area contributed by atoms with Crippen molar-refractivity contribution in [2.75, 3.05) is 26.2 Å². The Labute approximate surface area is 194 Å². The Balaban J connectivity index is 1.73. The highest BCUT2D eigenvalue weighted by Crippen LogP contribution is 2.24. The van der Waals surface area contributed by atoms with Crippen LogP contribution in [0, 0.1) is 18.7 Å². The van der Waals surface area contributed by atoms with Gasteiger partial charge in [-0.25, -0.2) is 4.39 Å². The molecule has 1 aliphatic heterocycles. The van der Waals surface area contributed by atoms with Gasteiger partial charge in [-0.2, -0.15) is 0 Å². The second-order valence-corrected chi connectivity index (χ2v) is 8.47. The summed E-state index contributed by atoms with van der Waals surface area (Å²) in [6, 6.07) is 12.3. The van der Waals surface area contributed by atoms with Crippen molar-refractivity contribution in [3.63, 3.8) is 0 Å². The van der Waals surface area contributed by atoms with Crippen LogP contribution in [-0.2, 0) is 4.79 Å². The van der Waals surface area contributed by atoms with Gasteiger partial charge in [-0.3, -0.25) is 14.4 Å².